The average molecular weight is 308 g/mol. The summed E-state index contributed by atoms with van der Waals surface area (Å²) in [6, 6.07) is 6.18. The van der Waals surface area contributed by atoms with E-state index in [1.807, 2.05) is 6.07 Å². The molecule has 0 aliphatic heterocycles. The number of thiophene rings is 2. The molecule has 0 aliphatic carbocycles. The smallest absolute Gasteiger partial charge is 0.348 e. The molecule has 0 atom stereocenters. The highest BCUT2D eigenvalue weighted by Crippen LogP contribution is 2.36. The number of hydrogen-bond acceptors (Lipinski definition) is 4. The normalized spacial score (nSPS) is 10.7. The van der Waals surface area contributed by atoms with Gasteiger partial charge in [-0.3, -0.25) is 0 Å². The van der Waals surface area contributed by atoms with Crippen LogP contribution in [0.15, 0.2) is 23.6 Å². The van der Waals surface area contributed by atoms with E-state index in [-0.39, 0.29) is 5.97 Å². The van der Waals surface area contributed by atoms with Gasteiger partial charge in [-0.1, -0.05) is 32.3 Å². The molecule has 0 aliphatic rings. The summed E-state index contributed by atoms with van der Waals surface area (Å²) in [6.45, 7) is 2.22. The van der Waals surface area contributed by atoms with Gasteiger partial charge in [-0.05, 0) is 35.9 Å². The van der Waals surface area contributed by atoms with Crippen molar-refractivity contribution in [2.45, 2.75) is 39.0 Å². The largest absolute Gasteiger partial charge is 0.465 e. The topological polar surface area (TPSA) is 26.3 Å². The standard InChI is InChI=1S/C16H20O2S2/c1-3-4-5-6-8-12-11-14(16(17)18-2)20-15(12)13-9-7-10-19-13/h7,9-11H,3-6,8H2,1-2H3. The van der Waals surface area contributed by atoms with Gasteiger partial charge < -0.3 is 4.74 Å². The van der Waals surface area contributed by atoms with Crippen LogP contribution in [0.3, 0.4) is 0 Å². The van der Waals surface area contributed by atoms with E-state index < -0.39 is 0 Å². The van der Waals surface area contributed by atoms with E-state index in [1.54, 1.807) is 22.7 Å². The van der Waals surface area contributed by atoms with Crippen molar-refractivity contribution in [2.75, 3.05) is 7.11 Å². The predicted octanol–water partition coefficient (Wildman–Crippen LogP) is 5.39. The van der Waals surface area contributed by atoms with Crippen molar-refractivity contribution in [3.05, 3.63) is 34.0 Å². The Labute approximate surface area is 128 Å². The van der Waals surface area contributed by atoms with Gasteiger partial charge in [0.2, 0.25) is 0 Å². The zero-order chi connectivity index (χ0) is 14.4. The first kappa shape index (κ1) is 15.3. The molecule has 0 spiro atoms. The Morgan fingerprint density at radius 1 is 1.30 bits per heavy atom. The summed E-state index contributed by atoms with van der Waals surface area (Å²) in [6.07, 6.45) is 6.01. The molecule has 4 heteroatoms. The molecule has 2 aromatic rings. The molecule has 2 heterocycles. The van der Waals surface area contributed by atoms with Crippen LogP contribution in [0.5, 0.6) is 0 Å². The minimum Gasteiger partial charge on any atom is -0.465 e. The SMILES string of the molecule is CCCCCCc1cc(C(=O)OC)sc1-c1cccs1. The lowest BCUT2D eigenvalue weighted by Gasteiger charge is -2.01. The molecule has 108 valence electrons. The molecule has 0 unspecified atom stereocenters. The Bertz CT molecular complexity index is 541. The first-order valence-corrected chi connectivity index (χ1v) is 8.70. The summed E-state index contributed by atoms with van der Waals surface area (Å²) in [5.41, 5.74) is 1.29. The molecule has 0 bridgehead atoms. The van der Waals surface area contributed by atoms with Crippen LogP contribution in [0.1, 0.15) is 47.8 Å². The van der Waals surface area contributed by atoms with Crippen LogP contribution in [0.4, 0.5) is 0 Å². The minimum absolute atomic E-state index is 0.229. The molecule has 0 saturated heterocycles. The van der Waals surface area contributed by atoms with Crippen LogP contribution < -0.4 is 0 Å². The van der Waals surface area contributed by atoms with Gasteiger partial charge in [-0.2, -0.15) is 0 Å². The number of ether oxygens (including phenoxy) is 1. The number of unbranched alkanes of at least 4 members (excludes halogenated alkanes) is 3. The Morgan fingerprint density at radius 2 is 2.15 bits per heavy atom. The third kappa shape index (κ3) is 3.70. The van der Waals surface area contributed by atoms with Crippen LogP contribution >= 0.6 is 22.7 Å². The van der Waals surface area contributed by atoms with Gasteiger partial charge in [0.15, 0.2) is 0 Å². The van der Waals surface area contributed by atoms with Crippen molar-refractivity contribution in [2.24, 2.45) is 0 Å². The second-order valence-corrected chi connectivity index (χ2v) is 6.74. The summed E-state index contributed by atoms with van der Waals surface area (Å²) >= 11 is 3.27. The number of methoxy groups -OCH3 is 1. The highest BCUT2D eigenvalue weighted by molar-refractivity contribution is 7.22. The van der Waals surface area contributed by atoms with Gasteiger partial charge in [0.25, 0.3) is 0 Å². The molecule has 2 aromatic heterocycles. The van der Waals surface area contributed by atoms with Crippen LogP contribution in [-0.4, -0.2) is 13.1 Å². The van der Waals surface area contributed by atoms with Crippen molar-refractivity contribution in [3.63, 3.8) is 0 Å². The first-order chi connectivity index (χ1) is 9.76. The number of esters is 1. The molecule has 0 radical (unpaired) electrons. The fraction of sp³-hybridized carbons (Fsp3) is 0.438. The van der Waals surface area contributed by atoms with Gasteiger partial charge in [0.05, 0.1) is 7.11 Å². The fourth-order valence-corrected chi connectivity index (χ4v) is 4.19. The van der Waals surface area contributed by atoms with Gasteiger partial charge in [-0.15, -0.1) is 22.7 Å². The summed E-state index contributed by atoms with van der Waals surface area (Å²) < 4.78 is 4.84. The number of rotatable bonds is 7. The lowest BCUT2D eigenvalue weighted by atomic mass is 10.1. The third-order valence-electron chi connectivity index (χ3n) is 3.24. The Morgan fingerprint density at radius 3 is 2.80 bits per heavy atom. The summed E-state index contributed by atoms with van der Waals surface area (Å²) in [4.78, 5) is 14.9. The Hall–Kier alpha value is -1.13. The molecular formula is C16H20O2S2. The summed E-state index contributed by atoms with van der Waals surface area (Å²) in [5.74, 6) is -0.229. The van der Waals surface area contributed by atoms with E-state index in [0.29, 0.717) is 4.88 Å². The van der Waals surface area contributed by atoms with E-state index in [0.717, 1.165) is 6.42 Å². The fourth-order valence-electron chi connectivity index (χ4n) is 2.17. The molecule has 0 N–H and O–H groups in total. The molecule has 0 aromatic carbocycles. The van der Waals surface area contributed by atoms with Crippen LogP contribution in [0, 0.1) is 0 Å². The van der Waals surface area contributed by atoms with Crippen LogP contribution in [0.25, 0.3) is 9.75 Å². The van der Waals surface area contributed by atoms with Gasteiger partial charge in [-0.25, -0.2) is 4.79 Å². The highest BCUT2D eigenvalue weighted by Gasteiger charge is 2.16. The molecular weight excluding hydrogens is 288 g/mol. The molecule has 0 fully saturated rings. The Kier molecular flexibility index (Phi) is 5.80. The summed E-state index contributed by atoms with van der Waals surface area (Å²) in [7, 11) is 1.44. The van der Waals surface area contributed by atoms with E-state index >= 15 is 0 Å². The maximum atomic E-state index is 11.7. The van der Waals surface area contributed by atoms with Crippen molar-refractivity contribution in [3.8, 4) is 9.75 Å². The quantitative estimate of drug-likeness (QED) is 0.506. The lowest BCUT2D eigenvalue weighted by Crippen LogP contribution is -1.97. The maximum Gasteiger partial charge on any atom is 0.348 e. The molecule has 0 amide bonds. The first-order valence-electron chi connectivity index (χ1n) is 7.01. The number of aryl methyl sites for hydroxylation is 1. The van der Waals surface area contributed by atoms with Crippen molar-refractivity contribution in [1.29, 1.82) is 0 Å². The maximum absolute atomic E-state index is 11.7. The summed E-state index contributed by atoms with van der Waals surface area (Å²) in [5, 5.41) is 2.08. The predicted molar refractivity (Wildman–Crippen MR) is 86.8 cm³/mol. The van der Waals surface area contributed by atoms with E-state index in [4.69, 9.17) is 4.74 Å². The monoisotopic (exact) mass is 308 g/mol. The molecule has 0 saturated carbocycles. The lowest BCUT2D eigenvalue weighted by molar-refractivity contribution is 0.0606. The van der Waals surface area contributed by atoms with Gasteiger partial charge >= 0.3 is 5.97 Å². The van der Waals surface area contributed by atoms with Crippen LogP contribution in [-0.2, 0) is 11.2 Å². The van der Waals surface area contributed by atoms with Crippen molar-refractivity contribution in [1.82, 2.24) is 0 Å². The minimum atomic E-state index is -0.229. The zero-order valence-electron chi connectivity index (χ0n) is 12.0. The molecule has 20 heavy (non-hydrogen) atoms. The molecule has 2 rings (SSSR count). The third-order valence-corrected chi connectivity index (χ3v) is 5.45. The average Bonchev–Trinajstić information content (AvgIpc) is 3.11. The van der Waals surface area contributed by atoms with Crippen molar-refractivity contribution >= 4 is 28.6 Å². The van der Waals surface area contributed by atoms with Crippen molar-refractivity contribution < 1.29 is 9.53 Å². The second kappa shape index (κ2) is 7.60. The number of carbonyl (C=O) groups is 1. The highest BCUT2D eigenvalue weighted by atomic mass is 32.1. The van der Waals surface area contributed by atoms with Gasteiger partial charge in [0.1, 0.15) is 4.88 Å². The Balaban J connectivity index is 2.19. The van der Waals surface area contributed by atoms with E-state index in [2.05, 4.69) is 24.4 Å². The van der Waals surface area contributed by atoms with Crippen LogP contribution in [0.2, 0.25) is 0 Å². The second-order valence-electron chi connectivity index (χ2n) is 4.74. The number of hydrogen-bond donors (Lipinski definition) is 0. The number of carbonyl (C=O) groups excluding carboxylic acids is 1. The van der Waals surface area contributed by atoms with E-state index in [1.165, 1.54) is 48.1 Å². The van der Waals surface area contributed by atoms with E-state index in [9.17, 15) is 4.79 Å². The zero-order valence-corrected chi connectivity index (χ0v) is 13.6. The van der Waals surface area contributed by atoms with Gasteiger partial charge in [0, 0.05) is 9.75 Å². The molecule has 2 nitrogen and oxygen atoms in total.